The van der Waals surface area contributed by atoms with Crippen molar-refractivity contribution in [3.63, 3.8) is 0 Å². The highest BCUT2D eigenvalue weighted by Gasteiger charge is 2.07. The fourth-order valence-electron chi connectivity index (χ4n) is 2.22. The predicted octanol–water partition coefficient (Wildman–Crippen LogP) is 4.15. The van der Waals surface area contributed by atoms with Crippen molar-refractivity contribution in [3.8, 4) is 0 Å². The highest BCUT2D eigenvalue weighted by Crippen LogP contribution is 2.12. The summed E-state index contributed by atoms with van der Waals surface area (Å²) in [5.41, 5.74) is 2.01. The first kappa shape index (κ1) is 15.9. The SMILES string of the molecule is CCCN(CCC(C)CC)Cc1cccc(C=O)c1. The van der Waals surface area contributed by atoms with Gasteiger partial charge in [-0.15, -0.1) is 0 Å². The normalized spacial score (nSPS) is 12.6. The van der Waals surface area contributed by atoms with Gasteiger partial charge in [0.25, 0.3) is 0 Å². The Kier molecular flexibility index (Phi) is 7.42. The van der Waals surface area contributed by atoms with Crippen LogP contribution in [0.4, 0.5) is 0 Å². The number of carbonyl (C=O) groups excluding carboxylic acids is 1. The predicted molar refractivity (Wildman–Crippen MR) is 81.5 cm³/mol. The van der Waals surface area contributed by atoms with Gasteiger partial charge in [0.05, 0.1) is 0 Å². The first-order valence-corrected chi connectivity index (χ1v) is 7.46. The van der Waals surface area contributed by atoms with E-state index in [0.717, 1.165) is 37.4 Å². The van der Waals surface area contributed by atoms with E-state index in [4.69, 9.17) is 0 Å². The topological polar surface area (TPSA) is 20.3 Å². The third-order valence-electron chi connectivity index (χ3n) is 3.67. The lowest BCUT2D eigenvalue weighted by Gasteiger charge is -2.23. The van der Waals surface area contributed by atoms with Gasteiger partial charge in [-0.1, -0.05) is 45.4 Å². The largest absolute Gasteiger partial charge is 0.299 e. The number of benzene rings is 1. The van der Waals surface area contributed by atoms with Gasteiger partial charge in [0.2, 0.25) is 0 Å². The van der Waals surface area contributed by atoms with Crippen molar-refractivity contribution in [1.29, 1.82) is 0 Å². The lowest BCUT2D eigenvalue weighted by atomic mass is 10.0. The second-order valence-electron chi connectivity index (χ2n) is 5.44. The van der Waals surface area contributed by atoms with Gasteiger partial charge in [-0.25, -0.2) is 0 Å². The summed E-state index contributed by atoms with van der Waals surface area (Å²) in [6, 6.07) is 7.94. The second-order valence-corrected chi connectivity index (χ2v) is 5.44. The summed E-state index contributed by atoms with van der Waals surface area (Å²) in [4.78, 5) is 13.3. The Bertz CT molecular complexity index is 375. The molecular weight excluding hydrogens is 234 g/mol. The number of rotatable bonds is 9. The molecule has 0 saturated heterocycles. The monoisotopic (exact) mass is 261 g/mol. The average molecular weight is 261 g/mol. The van der Waals surface area contributed by atoms with Crippen molar-refractivity contribution in [1.82, 2.24) is 4.90 Å². The molecule has 0 bridgehead atoms. The molecule has 0 aliphatic carbocycles. The number of aldehydes is 1. The molecule has 1 rings (SSSR count). The second kappa shape index (κ2) is 8.87. The minimum absolute atomic E-state index is 0.774. The van der Waals surface area contributed by atoms with Crippen molar-refractivity contribution in [3.05, 3.63) is 35.4 Å². The van der Waals surface area contributed by atoms with E-state index in [9.17, 15) is 4.79 Å². The lowest BCUT2D eigenvalue weighted by molar-refractivity contribution is 0.112. The minimum atomic E-state index is 0.774. The van der Waals surface area contributed by atoms with Crippen LogP contribution in [-0.4, -0.2) is 24.3 Å². The van der Waals surface area contributed by atoms with Crippen LogP contribution in [0.2, 0.25) is 0 Å². The first-order chi connectivity index (χ1) is 9.19. The summed E-state index contributed by atoms with van der Waals surface area (Å²) in [7, 11) is 0. The Hall–Kier alpha value is -1.15. The Balaban J connectivity index is 2.58. The van der Waals surface area contributed by atoms with Crippen LogP contribution < -0.4 is 0 Å². The molecule has 0 amide bonds. The highest BCUT2D eigenvalue weighted by molar-refractivity contribution is 5.74. The third-order valence-corrected chi connectivity index (χ3v) is 3.67. The van der Waals surface area contributed by atoms with Crippen LogP contribution in [0.15, 0.2) is 24.3 Å². The van der Waals surface area contributed by atoms with E-state index >= 15 is 0 Å². The fourth-order valence-corrected chi connectivity index (χ4v) is 2.22. The van der Waals surface area contributed by atoms with E-state index in [2.05, 4.69) is 31.7 Å². The number of carbonyl (C=O) groups is 1. The Morgan fingerprint density at radius 1 is 1.26 bits per heavy atom. The summed E-state index contributed by atoms with van der Waals surface area (Å²) in [5.74, 6) is 0.792. The van der Waals surface area contributed by atoms with Gasteiger partial charge in [0, 0.05) is 12.1 Å². The van der Waals surface area contributed by atoms with E-state index in [0.29, 0.717) is 0 Å². The van der Waals surface area contributed by atoms with Crippen LogP contribution in [0, 0.1) is 5.92 Å². The third kappa shape index (κ3) is 6.02. The zero-order chi connectivity index (χ0) is 14.1. The van der Waals surface area contributed by atoms with Crippen molar-refractivity contribution in [2.75, 3.05) is 13.1 Å². The Morgan fingerprint density at radius 3 is 2.68 bits per heavy atom. The summed E-state index contributed by atoms with van der Waals surface area (Å²) in [6.45, 7) is 10.0. The molecule has 0 N–H and O–H groups in total. The molecule has 1 aromatic rings. The van der Waals surface area contributed by atoms with Gasteiger partial charge in [0.15, 0.2) is 0 Å². The maximum absolute atomic E-state index is 10.8. The van der Waals surface area contributed by atoms with Crippen molar-refractivity contribution in [2.45, 2.75) is 46.6 Å². The van der Waals surface area contributed by atoms with Gasteiger partial charge < -0.3 is 0 Å². The molecule has 0 saturated carbocycles. The molecule has 0 radical (unpaired) electrons. The molecule has 2 nitrogen and oxygen atoms in total. The molecule has 1 aromatic carbocycles. The molecule has 2 heteroatoms. The zero-order valence-electron chi connectivity index (χ0n) is 12.6. The fraction of sp³-hybridized carbons (Fsp3) is 0.588. The number of nitrogens with zero attached hydrogens (tertiary/aromatic N) is 1. The highest BCUT2D eigenvalue weighted by atomic mass is 16.1. The summed E-state index contributed by atoms with van der Waals surface area (Å²) >= 11 is 0. The quantitative estimate of drug-likeness (QED) is 0.622. The average Bonchev–Trinajstić information content (AvgIpc) is 2.44. The number of hydrogen-bond donors (Lipinski definition) is 0. The van der Waals surface area contributed by atoms with E-state index < -0.39 is 0 Å². The molecule has 1 unspecified atom stereocenters. The van der Waals surface area contributed by atoms with Crippen molar-refractivity contribution in [2.24, 2.45) is 5.92 Å². The summed E-state index contributed by atoms with van der Waals surface area (Å²) in [6.07, 6.45) is 4.60. The van der Waals surface area contributed by atoms with Crippen molar-refractivity contribution >= 4 is 6.29 Å². The van der Waals surface area contributed by atoms with E-state index in [1.54, 1.807) is 0 Å². The van der Waals surface area contributed by atoms with Gasteiger partial charge in [-0.3, -0.25) is 9.69 Å². The van der Waals surface area contributed by atoms with E-state index in [-0.39, 0.29) is 0 Å². The first-order valence-electron chi connectivity index (χ1n) is 7.46. The molecule has 0 fully saturated rings. The van der Waals surface area contributed by atoms with Crippen LogP contribution >= 0.6 is 0 Å². The minimum Gasteiger partial charge on any atom is -0.299 e. The number of hydrogen-bond acceptors (Lipinski definition) is 2. The maximum Gasteiger partial charge on any atom is 0.150 e. The Morgan fingerprint density at radius 2 is 2.05 bits per heavy atom. The lowest BCUT2D eigenvalue weighted by Crippen LogP contribution is -2.26. The van der Waals surface area contributed by atoms with Crippen LogP contribution in [0.5, 0.6) is 0 Å². The summed E-state index contributed by atoms with van der Waals surface area (Å²) < 4.78 is 0. The van der Waals surface area contributed by atoms with Crippen molar-refractivity contribution < 1.29 is 4.79 Å². The van der Waals surface area contributed by atoms with Gasteiger partial charge in [-0.2, -0.15) is 0 Å². The van der Waals surface area contributed by atoms with Crippen LogP contribution in [-0.2, 0) is 6.54 Å². The van der Waals surface area contributed by atoms with Gasteiger partial charge in [-0.05, 0) is 43.5 Å². The molecule has 0 aliphatic rings. The van der Waals surface area contributed by atoms with Gasteiger partial charge in [0.1, 0.15) is 6.29 Å². The smallest absolute Gasteiger partial charge is 0.150 e. The van der Waals surface area contributed by atoms with E-state index in [1.165, 1.54) is 24.8 Å². The molecule has 0 aliphatic heterocycles. The summed E-state index contributed by atoms with van der Waals surface area (Å²) in [5, 5.41) is 0. The molecule has 0 aromatic heterocycles. The molecule has 1 atom stereocenters. The molecule has 19 heavy (non-hydrogen) atoms. The molecule has 0 spiro atoms. The van der Waals surface area contributed by atoms with Crippen LogP contribution in [0.1, 0.15) is 56.0 Å². The van der Waals surface area contributed by atoms with Gasteiger partial charge >= 0.3 is 0 Å². The molecular formula is C17H27NO. The van der Waals surface area contributed by atoms with E-state index in [1.807, 2.05) is 18.2 Å². The van der Waals surface area contributed by atoms with Crippen LogP contribution in [0.3, 0.4) is 0 Å². The Labute approximate surface area is 117 Å². The molecule has 106 valence electrons. The molecule has 0 heterocycles. The zero-order valence-corrected chi connectivity index (χ0v) is 12.6. The van der Waals surface area contributed by atoms with Crippen LogP contribution in [0.25, 0.3) is 0 Å². The maximum atomic E-state index is 10.8. The standard InChI is InChI=1S/C17H27NO/c1-4-10-18(11-9-15(3)5-2)13-16-7-6-8-17(12-16)14-19/h6-8,12,14-15H,4-5,9-11,13H2,1-3H3.